The van der Waals surface area contributed by atoms with Crippen molar-refractivity contribution in [3.8, 4) is 11.1 Å². The van der Waals surface area contributed by atoms with E-state index in [9.17, 15) is 13.2 Å². The molecule has 0 radical (unpaired) electrons. The lowest BCUT2D eigenvalue weighted by Crippen LogP contribution is -2.04. The van der Waals surface area contributed by atoms with Crippen molar-refractivity contribution in [2.75, 3.05) is 0 Å². The van der Waals surface area contributed by atoms with Gasteiger partial charge in [0.25, 0.3) is 0 Å². The van der Waals surface area contributed by atoms with E-state index in [0.29, 0.717) is 23.1 Å². The van der Waals surface area contributed by atoms with Crippen molar-refractivity contribution >= 4 is 6.08 Å². The number of fused-ring (bicyclic) bond motifs is 1. The molecular formula is C20H19F3. The first-order valence-corrected chi connectivity index (χ1v) is 8.06. The maximum atomic E-state index is 14.8. The van der Waals surface area contributed by atoms with E-state index in [1.165, 1.54) is 11.6 Å². The van der Waals surface area contributed by atoms with E-state index in [-0.39, 0.29) is 5.82 Å². The third-order valence-electron chi connectivity index (χ3n) is 4.42. The van der Waals surface area contributed by atoms with Crippen LogP contribution in [0, 0.1) is 17.5 Å². The van der Waals surface area contributed by atoms with Crippen molar-refractivity contribution in [2.24, 2.45) is 0 Å². The Hall–Kier alpha value is -2.03. The lowest BCUT2D eigenvalue weighted by atomic mass is 9.87. The first kappa shape index (κ1) is 15.9. The van der Waals surface area contributed by atoms with Gasteiger partial charge in [0.15, 0.2) is 11.6 Å². The molecule has 1 aliphatic rings. The van der Waals surface area contributed by atoms with Gasteiger partial charge in [-0.3, -0.25) is 0 Å². The fraction of sp³-hybridized carbons (Fsp3) is 0.300. The fourth-order valence-electron chi connectivity index (χ4n) is 3.09. The van der Waals surface area contributed by atoms with Crippen molar-refractivity contribution in [3.63, 3.8) is 0 Å². The molecule has 1 aliphatic carbocycles. The maximum absolute atomic E-state index is 14.8. The molecule has 3 heteroatoms. The molecule has 0 heterocycles. The van der Waals surface area contributed by atoms with Crippen molar-refractivity contribution in [1.29, 1.82) is 0 Å². The SMILES string of the molecule is CCCCC1=Cc2ccc(-c3ccc(F)c(F)c3)c(F)c2CC1. The van der Waals surface area contributed by atoms with Gasteiger partial charge in [-0.15, -0.1) is 0 Å². The predicted octanol–water partition coefficient (Wildman–Crippen LogP) is 6.29. The van der Waals surface area contributed by atoms with Crippen molar-refractivity contribution in [2.45, 2.75) is 39.0 Å². The highest BCUT2D eigenvalue weighted by molar-refractivity contribution is 5.70. The van der Waals surface area contributed by atoms with Gasteiger partial charge in [-0.05, 0) is 54.5 Å². The summed E-state index contributed by atoms with van der Waals surface area (Å²) in [5.41, 5.74) is 3.64. The molecule has 2 aromatic rings. The molecule has 23 heavy (non-hydrogen) atoms. The number of benzene rings is 2. The monoisotopic (exact) mass is 316 g/mol. The van der Waals surface area contributed by atoms with Crippen molar-refractivity contribution in [1.82, 2.24) is 0 Å². The second kappa shape index (κ2) is 6.61. The summed E-state index contributed by atoms with van der Waals surface area (Å²) in [5, 5.41) is 0. The lowest BCUT2D eigenvalue weighted by Gasteiger charge is -2.19. The van der Waals surface area contributed by atoms with Gasteiger partial charge in [-0.25, -0.2) is 13.2 Å². The molecule has 0 nitrogen and oxygen atoms in total. The molecule has 0 unspecified atom stereocenters. The van der Waals surface area contributed by atoms with E-state index in [2.05, 4.69) is 13.0 Å². The van der Waals surface area contributed by atoms with Gasteiger partial charge >= 0.3 is 0 Å². The largest absolute Gasteiger partial charge is 0.206 e. The zero-order valence-electron chi connectivity index (χ0n) is 13.1. The van der Waals surface area contributed by atoms with Crippen LogP contribution in [0.5, 0.6) is 0 Å². The van der Waals surface area contributed by atoms with E-state index in [0.717, 1.165) is 43.4 Å². The Morgan fingerprint density at radius 2 is 1.78 bits per heavy atom. The van der Waals surface area contributed by atoms with E-state index < -0.39 is 11.6 Å². The maximum Gasteiger partial charge on any atom is 0.159 e. The molecule has 0 spiro atoms. The van der Waals surface area contributed by atoms with Crippen LogP contribution in [0.25, 0.3) is 17.2 Å². The van der Waals surface area contributed by atoms with E-state index in [1.54, 1.807) is 6.07 Å². The molecule has 0 amide bonds. The molecule has 0 fully saturated rings. The molecule has 120 valence electrons. The van der Waals surface area contributed by atoms with Crippen molar-refractivity contribution in [3.05, 3.63) is 64.5 Å². The highest BCUT2D eigenvalue weighted by Gasteiger charge is 2.18. The summed E-state index contributed by atoms with van der Waals surface area (Å²) in [5.74, 6) is -2.20. The zero-order chi connectivity index (χ0) is 16.4. The van der Waals surface area contributed by atoms with Crippen LogP contribution in [0.4, 0.5) is 13.2 Å². The van der Waals surface area contributed by atoms with Gasteiger partial charge in [0.1, 0.15) is 5.82 Å². The van der Waals surface area contributed by atoms with Gasteiger partial charge in [-0.1, -0.05) is 43.2 Å². The average Bonchev–Trinajstić information content (AvgIpc) is 2.56. The molecule has 3 rings (SSSR count). The minimum atomic E-state index is -0.957. The summed E-state index contributed by atoms with van der Waals surface area (Å²) < 4.78 is 41.3. The number of unbranched alkanes of at least 4 members (excludes halogenated alkanes) is 1. The average molecular weight is 316 g/mol. The van der Waals surface area contributed by atoms with Crippen LogP contribution >= 0.6 is 0 Å². The van der Waals surface area contributed by atoms with Crippen molar-refractivity contribution < 1.29 is 13.2 Å². The Bertz CT molecular complexity index is 760. The Labute approximate surface area is 134 Å². The highest BCUT2D eigenvalue weighted by atomic mass is 19.2. The Kier molecular flexibility index (Phi) is 4.56. The topological polar surface area (TPSA) is 0 Å². The molecule has 0 saturated heterocycles. The summed E-state index contributed by atoms with van der Waals surface area (Å²) in [4.78, 5) is 0. The van der Waals surface area contributed by atoms with Crippen LogP contribution in [-0.4, -0.2) is 0 Å². The van der Waals surface area contributed by atoms with Gasteiger partial charge in [0.05, 0.1) is 0 Å². The molecule has 0 saturated carbocycles. The Balaban J connectivity index is 1.98. The van der Waals surface area contributed by atoms with Gasteiger partial charge in [-0.2, -0.15) is 0 Å². The summed E-state index contributed by atoms with van der Waals surface area (Å²) in [6.45, 7) is 2.16. The minimum absolute atomic E-state index is 0.320. The van der Waals surface area contributed by atoms with E-state index in [1.807, 2.05) is 6.07 Å². The summed E-state index contributed by atoms with van der Waals surface area (Å²) in [6, 6.07) is 7.02. The summed E-state index contributed by atoms with van der Waals surface area (Å²) >= 11 is 0. The molecule has 0 atom stereocenters. The second-order valence-corrected chi connectivity index (χ2v) is 6.03. The number of hydrogen-bond acceptors (Lipinski definition) is 0. The molecule has 0 aromatic heterocycles. The molecule has 0 N–H and O–H groups in total. The first-order chi connectivity index (χ1) is 11.1. The van der Waals surface area contributed by atoms with Gasteiger partial charge < -0.3 is 0 Å². The fourth-order valence-corrected chi connectivity index (χ4v) is 3.09. The first-order valence-electron chi connectivity index (χ1n) is 8.06. The summed E-state index contributed by atoms with van der Waals surface area (Å²) in [7, 11) is 0. The highest BCUT2D eigenvalue weighted by Crippen LogP contribution is 2.34. The van der Waals surface area contributed by atoms with E-state index >= 15 is 0 Å². The zero-order valence-corrected chi connectivity index (χ0v) is 13.1. The smallest absolute Gasteiger partial charge is 0.159 e. The molecule has 0 aliphatic heterocycles. The third-order valence-corrected chi connectivity index (χ3v) is 4.42. The van der Waals surface area contributed by atoms with E-state index in [4.69, 9.17) is 0 Å². The predicted molar refractivity (Wildman–Crippen MR) is 87.6 cm³/mol. The lowest BCUT2D eigenvalue weighted by molar-refractivity contribution is 0.509. The number of hydrogen-bond donors (Lipinski definition) is 0. The standard InChI is InChI=1S/C20H19F3/c1-2-3-4-13-5-8-16-14(11-13)6-9-17(20(16)23)15-7-10-18(21)19(22)12-15/h6-7,9-12H,2-5,8H2,1H3. The number of rotatable bonds is 4. The normalized spacial score (nSPS) is 13.7. The number of halogens is 3. The van der Waals surface area contributed by atoms with Gasteiger partial charge in [0.2, 0.25) is 0 Å². The van der Waals surface area contributed by atoms with Gasteiger partial charge in [0, 0.05) is 5.56 Å². The molecule has 2 aromatic carbocycles. The third kappa shape index (κ3) is 3.19. The number of allylic oxidation sites excluding steroid dienone is 1. The van der Waals surface area contributed by atoms with Crippen LogP contribution in [0.1, 0.15) is 43.7 Å². The van der Waals surface area contributed by atoms with Crippen LogP contribution in [0.3, 0.4) is 0 Å². The molecule has 0 bridgehead atoms. The van der Waals surface area contributed by atoms with Crippen LogP contribution in [-0.2, 0) is 6.42 Å². The van der Waals surface area contributed by atoms with Crippen LogP contribution in [0.2, 0.25) is 0 Å². The summed E-state index contributed by atoms with van der Waals surface area (Å²) in [6.07, 6.45) is 6.96. The molecular weight excluding hydrogens is 297 g/mol. The quantitative estimate of drug-likeness (QED) is 0.621. The Morgan fingerprint density at radius 3 is 2.52 bits per heavy atom. The Morgan fingerprint density at radius 1 is 0.957 bits per heavy atom. The minimum Gasteiger partial charge on any atom is -0.206 e. The van der Waals surface area contributed by atoms with Crippen LogP contribution < -0.4 is 0 Å². The second-order valence-electron chi connectivity index (χ2n) is 6.03. The van der Waals surface area contributed by atoms with Crippen LogP contribution in [0.15, 0.2) is 35.9 Å².